The molecule has 5 heteroatoms. The molecule has 114 valence electrons. The zero-order chi connectivity index (χ0) is 16.0. The number of hydrogen-bond donors (Lipinski definition) is 1. The lowest BCUT2D eigenvalue weighted by atomic mass is 10.0. The maximum absolute atomic E-state index is 8.73. The average Bonchev–Trinajstić information content (AvgIpc) is 2.48. The van der Waals surface area contributed by atoms with Crippen molar-refractivity contribution >= 4 is 11.8 Å². The second-order valence-electron chi connectivity index (χ2n) is 5.54. The van der Waals surface area contributed by atoms with Crippen LogP contribution in [0.4, 0.5) is 0 Å². The van der Waals surface area contributed by atoms with Crippen LogP contribution in [-0.4, -0.2) is 21.6 Å². The molecule has 22 heavy (non-hydrogen) atoms. The summed E-state index contributed by atoms with van der Waals surface area (Å²) >= 11 is 1.63. The van der Waals surface area contributed by atoms with Crippen molar-refractivity contribution in [2.75, 3.05) is 6.61 Å². The summed E-state index contributed by atoms with van der Waals surface area (Å²) in [5, 5.41) is 17.4. The van der Waals surface area contributed by atoms with Crippen LogP contribution in [0.1, 0.15) is 19.4 Å². The summed E-state index contributed by atoms with van der Waals surface area (Å²) in [6.07, 6.45) is 4.00. The van der Waals surface area contributed by atoms with E-state index in [-0.39, 0.29) is 11.4 Å². The van der Waals surface area contributed by atoms with Gasteiger partial charge in [-0.25, -0.2) is 4.89 Å². The molecule has 0 saturated heterocycles. The Bertz CT molecular complexity index is 663. The molecule has 0 aliphatic rings. The molecule has 0 bridgehead atoms. The van der Waals surface area contributed by atoms with Gasteiger partial charge >= 0.3 is 0 Å². The molecule has 0 atom stereocenters. The summed E-state index contributed by atoms with van der Waals surface area (Å²) in [4.78, 5) is 9.58. The quantitative estimate of drug-likeness (QED) is 0.492. The summed E-state index contributed by atoms with van der Waals surface area (Å²) in [5.74, 6) is 0. The molecule has 0 aliphatic heterocycles. The van der Waals surface area contributed by atoms with Crippen molar-refractivity contribution < 1.29 is 10.1 Å². The van der Waals surface area contributed by atoms with Gasteiger partial charge in [0.25, 0.3) is 0 Å². The van der Waals surface area contributed by atoms with Gasteiger partial charge < -0.3 is 0 Å². The Morgan fingerprint density at radius 3 is 2.64 bits per heavy atom. The Morgan fingerprint density at radius 2 is 2.00 bits per heavy atom. The van der Waals surface area contributed by atoms with Gasteiger partial charge in [0.05, 0.1) is 19.1 Å². The van der Waals surface area contributed by atoms with E-state index in [1.54, 1.807) is 18.0 Å². The topological polar surface area (TPSA) is 66.1 Å². The van der Waals surface area contributed by atoms with Gasteiger partial charge in [-0.2, -0.15) is 5.26 Å². The number of nitrogens with zero attached hydrogens (tertiary/aromatic N) is 2. The number of benzene rings is 1. The molecule has 0 spiro atoms. The van der Waals surface area contributed by atoms with E-state index in [0.717, 1.165) is 21.6 Å². The van der Waals surface area contributed by atoms with Crippen LogP contribution in [0.15, 0.2) is 47.6 Å². The van der Waals surface area contributed by atoms with Gasteiger partial charge in [-0.1, -0.05) is 24.3 Å². The van der Waals surface area contributed by atoms with Gasteiger partial charge in [0.2, 0.25) is 0 Å². The van der Waals surface area contributed by atoms with Crippen LogP contribution < -0.4 is 0 Å². The molecule has 2 rings (SSSR count). The summed E-state index contributed by atoms with van der Waals surface area (Å²) < 4.78 is -0.258. The van der Waals surface area contributed by atoms with Crippen LogP contribution in [0.3, 0.4) is 0 Å². The Hall–Kier alpha value is -1.87. The average molecular weight is 314 g/mol. The van der Waals surface area contributed by atoms with Crippen molar-refractivity contribution in [2.24, 2.45) is 0 Å². The first-order valence-electron chi connectivity index (χ1n) is 6.91. The smallest absolute Gasteiger partial charge is 0.0964 e. The zero-order valence-corrected chi connectivity index (χ0v) is 13.4. The third kappa shape index (κ3) is 4.31. The molecule has 0 radical (unpaired) electrons. The highest BCUT2D eigenvalue weighted by atomic mass is 32.2. The minimum absolute atomic E-state index is 0.237. The number of hydrogen-bond acceptors (Lipinski definition) is 5. The predicted molar refractivity (Wildman–Crippen MR) is 87.5 cm³/mol. The van der Waals surface area contributed by atoms with Crippen LogP contribution in [0, 0.1) is 11.3 Å². The fourth-order valence-corrected chi connectivity index (χ4v) is 3.18. The van der Waals surface area contributed by atoms with Gasteiger partial charge in [0.15, 0.2) is 0 Å². The standard InChI is InChI=1S/C17H18N2O2S/c1-17(2,12-21-20)22-16-8-10-19-11-15(16)14-5-3-13(4-6-14)7-9-18/h3-6,8,10-11,20H,7,12H2,1-2H3. The van der Waals surface area contributed by atoms with E-state index in [2.05, 4.69) is 15.9 Å². The number of thioether (sulfide) groups is 1. The number of pyridine rings is 1. The highest BCUT2D eigenvalue weighted by molar-refractivity contribution is 8.00. The SMILES string of the molecule is CC(C)(COO)Sc1ccncc1-c1ccc(CC#N)cc1. The van der Waals surface area contributed by atoms with E-state index >= 15 is 0 Å². The van der Waals surface area contributed by atoms with Crippen molar-refractivity contribution in [2.45, 2.75) is 29.9 Å². The molecule has 0 amide bonds. The molecule has 0 fully saturated rings. The van der Waals surface area contributed by atoms with Crippen molar-refractivity contribution in [1.29, 1.82) is 5.26 Å². The molecule has 0 saturated carbocycles. The van der Waals surface area contributed by atoms with Gasteiger partial charge in [0.1, 0.15) is 0 Å². The number of rotatable bonds is 6. The van der Waals surface area contributed by atoms with Crippen molar-refractivity contribution in [1.82, 2.24) is 4.98 Å². The molecule has 0 unspecified atom stereocenters. The van der Waals surface area contributed by atoms with Crippen LogP contribution in [0.25, 0.3) is 11.1 Å². The minimum atomic E-state index is -0.258. The van der Waals surface area contributed by atoms with E-state index in [1.165, 1.54) is 0 Å². The third-order valence-corrected chi connectivity index (χ3v) is 4.37. The zero-order valence-electron chi connectivity index (χ0n) is 12.6. The van der Waals surface area contributed by atoms with Crippen LogP contribution in [0.2, 0.25) is 0 Å². The fourth-order valence-electron chi connectivity index (χ4n) is 2.06. The van der Waals surface area contributed by atoms with E-state index < -0.39 is 0 Å². The first kappa shape index (κ1) is 16.5. The lowest BCUT2D eigenvalue weighted by molar-refractivity contribution is -0.245. The largest absolute Gasteiger partial charge is 0.264 e. The van der Waals surface area contributed by atoms with E-state index in [1.807, 2.05) is 50.4 Å². The minimum Gasteiger partial charge on any atom is -0.264 e. The number of aromatic nitrogens is 1. The first-order chi connectivity index (χ1) is 10.6. The number of nitriles is 1. The van der Waals surface area contributed by atoms with Crippen LogP contribution in [0.5, 0.6) is 0 Å². The Kier molecular flexibility index (Phi) is 5.56. The Morgan fingerprint density at radius 1 is 1.27 bits per heavy atom. The van der Waals surface area contributed by atoms with Gasteiger partial charge in [-0.15, -0.1) is 11.8 Å². The normalized spacial score (nSPS) is 11.2. The highest BCUT2D eigenvalue weighted by Gasteiger charge is 2.22. The molecule has 4 nitrogen and oxygen atoms in total. The molecule has 1 aromatic carbocycles. The first-order valence-corrected chi connectivity index (χ1v) is 7.73. The summed E-state index contributed by atoms with van der Waals surface area (Å²) in [6.45, 7) is 4.25. The molecular formula is C17H18N2O2S. The Labute approximate surface area is 134 Å². The van der Waals surface area contributed by atoms with E-state index in [9.17, 15) is 0 Å². The van der Waals surface area contributed by atoms with Gasteiger partial charge in [-0.05, 0) is 31.0 Å². The predicted octanol–water partition coefficient (Wildman–Crippen LogP) is 4.17. The Balaban J connectivity index is 2.30. The lowest BCUT2D eigenvalue weighted by Gasteiger charge is -2.23. The molecule has 1 aromatic heterocycles. The monoisotopic (exact) mass is 314 g/mol. The van der Waals surface area contributed by atoms with Crippen molar-refractivity contribution in [3.05, 3.63) is 48.3 Å². The highest BCUT2D eigenvalue weighted by Crippen LogP contribution is 2.38. The van der Waals surface area contributed by atoms with Crippen molar-refractivity contribution in [3.63, 3.8) is 0 Å². The molecule has 1 heterocycles. The van der Waals surface area contributed by atoms with Crippen LogP contribution in [-0.2, 0) is 11.3 Å². The van der Waals surface area contributed by atoms with E-state index in [4.69, 9.17) is 10.5 Å². The van der Waals surface area contributed by atoms with Gasteiger partial charge in [0, 0.05) is 27.6 Å². The maximum atomic E-state index is 8.73. The molecule has 1 N–H and O–H groups in total. The maximum Gasteiger partial charge on any atom is 0.0964 e. The fraction of sp³-hybridized carbons (Fsp3) is 0.294. The third-order valence-electron chi connectivity index (χ3n) is 3.13. The molecule has 2 aromatic rings. The second-order valence-corrected chi connectivity index (χ2v) is 7.29. The van der Waals surface area contributed by atoms with Crippen LogP contribution >= 0.6 is 11.8 Å². The lowest BCUT2D eigenvalue weighted by Crippen LogP contribution is -2.21. The van der Waals surface area contributed by atoms with Crippen molar-refractivity contribution in [3.8, 4) is 17.2 Å². The molecular weight excluding hydrogens is 296 g/mol. The summed E-state index contributed by atoms with van der Waals surface area (Å²) in [5.41, 5.74) is 3.08. The summed E-state index contributed by atoms with van der Waals surface area (Å²) in [6, 6.07) is 12.0. The molecule has 0 aliphatic carbocycles. The summed E-state index contributed by atoms with van der Waals surface area (Å²) in [7, 11) is 0. The van der Waals surface area contributed by atoms with Gasteiger partial charge in [-0.3, -0.25) is 10.2 Å². The van der Waals surface area contributed by atoms with E-state index in [0.29, 0.717) is 6.42 Å². The second kappa shape index (κ2) is 7.41.